The normalized spacial score (nSPS) is 18.8. The monoisotopic (exact) mass is 451 g/mol. The van der Waals surface area contributed by atoms with E-state index in [4.69, 9.17) is 18.9 Å². The molecule has 2 atom stereocenters. The van der Waals surface area contributed by atoms with Crippen LogP contribution in [-0.4, -0.2) is 25.9 Å². The predicted octanol–water partition coefficient (Wildman–Crippen LogP) is 5.89. The van der Waals surface area contributed by atoms with Crippen molar-refractivity contribution in [3.63, 3.8) is 0 Å². The summed E-state index contributed by atoms with van der Waals surface area (Å²) in [6.07, 6.45) is -0.663. The van der Waals surface area contributed by atoms with E-state index in [9.17, 15) is 4.39 Å². The second-order valence-corrected chi connectivity index (χ2v) is 8.67. The molecule has 0 aliphatic carbocycles. The lowest BCUT2D eigenvalue weighted by atomic mass is 9.88. The molecule has 1 aliphatic heterocycles. The van der Waals surface area contributed by atoms with E-state index in [1.54, 1.807) is 26.4 Å². The first-order valence-corrected chi connectivity index (χ1v) is 11.0. The Labute approximate surface area is 194 Å². The highest BCUT2D eigenvalue weighted by Crippen LogP contribution is 2.44. The summed E-state index contributed by atoms with van der Waals surface area (Å²) in [5, 5.41) is 3.46. The van der Waals surface area contributed by atoms with Crippen LogP contribution in [0.5, 0.6) is 11.5 Å². The molecule has 0 amide bonds. The molecule has 0 saturated heterocycles. The molecule has 0 unspecified atom stereocenters. The van der Waals surface area contributed by atoms with Crippen LogP contribution in [0.15, 0.2) is 66.7 Å². The average Bonchev–Trinajstić information content (AvgIpc) is 2.82. The number of fused-ring (bicyclic) bond motifs is 1. The molecule has 1 aliphatic rings. The molecular weight excluding hydrogens is 421 g/mol. The average molecular weight is 452 g/mol. The van der Waals surface area contributed by atoms with Crippen molar-refractivity contribution < 1.29 is 23.3 Å². The molecule has 1 N–H and O–H groups in total. The van der Waals surface area contributed by atoms with E-state index in [-0.39, 0.29) is 18.0 Å². The van der Waals surface area contributed by atoms with Crippen molar-refractivity contribution in [2.45, 2.75) is 44.8 Å². The number of benzene rings is 3. The SMILES string of the molecule is COc1ccc(CNc2ccc3c(c2)[C@@H](OC)[C@H](OCc2ccc(F)cc2)C(C)(C)O3)cc1. The fourth-order valence-corrected chi connectivity index (χ4v) is 4.10. The Morgan fingerprint density at radius 3 is 2.30 bits per heavy atom. The maximum Gasteiger partial charge on any atom is 0.132 e. The number of hydrogen-bond donors (Lipinski definition) is 1. The van der Waals surface area contributed by atoms with Gasteiger partial charge in [0.05, 0.1) is 13.7 Å². The highest BCUT2D eigenvalue weighted by atomic mass is 19.1. The van der Waals surface area contributed by atoms with E-state index < -0.39 is 5.60 Å². The van der Waals surface area contributed by atoms with Crippen LogP contribution in [-0.2, 0) is 22.6 Å². The summed E-state index contributed by atoms with van der Waals surface area (Å²) < 4.78 is 36.9. The molecule has 0 fully saturated rings. The Hall–Kier alpha value is -3.09. The van der Waals surface area contributed by atoms with Crippen LogP contribution in [0.2, 0.25) is 0 Å². The molecule has 0 spiro atoms. The molecule has 1 heterocycles. The first-order valence-electron chi connectivity index (χ1n) is 11.0. The minimum Gasteiger partial charge on any atom is -0.497 e. The quantitative estimate of drug-likeness (QED) is 0.463. The molecule has 3 aromatic carbocycles. The summed E-state index contributed by atoms with van der Waals surface area (Å²) >= 11 is 0. The van der Waals surface area contributed by atoms with Gasteiger partial charge in [0.15, 0.2) is 0 Å². The van der Waals surface area contributed by atoms with Crippen molar-refractivity contribution >= 4 is 5.69 Å². The number of hydrogen-bond acceptors (Lipinski definition) is 5. The Balaban J connectivity index is 1.51. The van der Waals surface area contributed by atoms with Gasteiger partial charge in [0.25, 0.3) is 0 Å². The Morgan fingerprint density at radius 1 is 0.939 bits per heavy atom. The molecule has 3 aromatic rings. The van der Waals surface area contributed by atoms with Gasteiger partial charge in [-0.2, -0.15) is 0 Å². The van der Waals surface area contributed by atoms with Crippen LogP contribution < -0.4 is 14.8 Å². The van der Waals surface area contributed by atoms with Crippen LogP contribution in [0.25, 0.3) is 0 Å². The summed E-state index contributed by atoms with van der Waals surface area (Å²) in [5.74, 6) is 1.35. The van der Waals surface area contributed by atoms with E-state index in [1.165, 1.54) is 12.1 Å². The van der Waals surface area contributed by atoms with E-state index in [0.717, 1.165) is 33.9 Å². The summed E-state index contributed by atoms with van der Waals surface area (Å²) in [6, 6.07) is 20.3. The van der Waals surface area contributed by atoms with Crippen LogP contribution in [0, 0.1) is 5.82 Å². The van der Waals surface area contributed by atoms with Gasteiger partial charge in [-0.05, 0) is 67.4 Å². The zero-order chi connectivity index (χ0) is 23.4. The first-order chi connectivity index (χ1) is 15.9. The maximum absolute atomic E-state index is 13.2. The van der Waals surface area contributed by atoms with E-state index in [1.807, 2.05) is 50.2 Å². The molecule has 0 saturated carbocycles. The van der Waals surface area contributed by atoms with E-state index in [2.05, 4.69) is 11.4 Å². The third-order valence-electron chi connectivity index (χ3n) is 5.90. The predicted molar refractivity (Wildman–Crippen MR) is 126 cm³/mol. The summed E-state index contributed by atoms with van der Waals surface area (Å²) in [5.41, 5.74) is 3.33. The zero-order valence-electron chi connectivity index (χ0n) is 19.4. The molecule has 0 aromatic heterocycles. The van der Waals surface area contributed by atoms with Crippen molar-refractivity contribution in [3.8, 4) is 11.5 Å². The third kappa shape index (κ3) is 5.29. The minimum atomic E-state index is -0.605. The molecule has 4 rings (SSSR count). The van der Waals surface area contributed by atoms with Crippen molar-refractivity contribution in [2.24, 2.45) is 0 Å². The lowest BCUT2D eigenvalue weighted by Gasteiger charge is -2.44. The maximum atomic E-state index is 13.2. The van der Waals surface area contributed by atoms with Crippen molar-refractivity contribution in [1.82, 2.24) is 0 Å². The molecule has 6 heteroatoms. The van der Waals surface area contributed by atoms with Crippen LogP contribution >= 0.6 is 0 Å². The van der Waals surface area contributed by atoms with E-state index >= 15 is 0 Å². The second kappa shape index (κ2) is 9.81. The Morgan fingerprint density at radius 2 is 1.64 bits per heavy atom. The van der Waals surface area contributed by atoms with Gasteiger partial charge >= 0.3 is 0 Å². The van der Waals surface area contributed by atoms with Gasteiger partial charge in [0, 0.05) is 24.9 Å². The Kier molecular flexibility index (Phi) is 6.86. The number of nitrogens with one attached hydrogen (secondary N) is 1. The molecule has 5 nitrogen and oxygen atoms in total. The van der Waals surface area contributed by atoms with Crippen molar-refractivity contribution in [1.29, 1.82) is 0 Å². The second-order valence-electron chi connectivity index (χ2n) is 8.67. The molecule has 33 heavy (non-hydrogen) atoms. The third-order valence-corrected chi connectivity index (χ3v) is 5.90. The summed E-state index contributed by atoms with van der Waals surface area (Å²) in [7, 11) is 3.34. The van der Waals surface area contributed by atoms with Gasteiger partial charge < -0.3 is 24.3 Å². The van der Waals surface area contributed by atoms with Gasteiger partial charge in [0.2, 0.25) is 0 Å². The molecular formula is C27H30FNO4. The van der Waals surface area contributed by atoms with Gasteiger partial charge in [-0.15, -0.1) is 0 Å². The molecule has 0 bridgehead atoms. The van der Waals surface area contributed by atoms with Crippen molar-refractivity contribution in [3.05, 3.63) is 89.2 Å². The fraction of sp³-hybridized carbons (Fsp3) is 0.333. The lowest BCUT2D eigenvalue weighted by Crippen LogP contribution is -2.50. The zero-order valence-corrected chi connectivity index (χ0v) is 19.4. The van der Waals surface area contributed by atoms with Crippen molar-refractivity contribution in [2.75, 3.05) is 19.5 Å². The van der Waals surface area contributed by atoms with Gasteiger partial charge in [-0.3, -0.25) is 0 Å². The highest BCUT2D eigenvalue weighted by molar-refractivity contribution is 5.54. The van der Waals surface area contributed by atoms with Gasteiger partial charge in [0.1, 0.15) is 35.1 Å². The van der Waals surface area contributed by atoms with Gasteiger partial charge in [-0.25, -0.2) is 4.39 Å². The van der Waals surface area contributed by atoms with E-state index in [0.29, 0.717) is 13.2 Å². The van der Waals surface area contributed by atoms with Crippen LogP contribution in [0.4, 0.5) is 10.1 Å². The molecule has 0 radical (unpaired) electrons. The smallest absolute Gasteiger partial charge is 0.132 e. The largest absolute Gasteiger partial charge is 0.497 e. The number of ether oxygens (including phenoxy) is 4. The summed E-state index contributed by atoms with van der Waals surface area (Å²) in [4.78, 5) is 0. The number of anilines is 1. The van der Waals surface area contributed by atoms with Crippen LogP contribution in [0.1, 0.15) is 36.6 Å². The highest BCUT2D eigenvalue weighted by Gasteiger charge is 2.45. The van der Waals surface area contributed by atoms with Crippen LogP contribution in [0.3, 0.4) is 0 Å². The summed E-state index contributed by atoms with van der Waals surface area (Å²) in [6.45, 7) is 5.00. The first kappa shape index (κ1) is 23.1. The number of rotatable bonds is 8. The molecule has 174 valence electrons. The lowest BCUT2D eigenvalue weighted by molar-refractivity contribution is -0.159. The Bertz CT molecular complexity index is 1070. The van der Waals surface area contributed by atoms with Gasteiger partial charge in [-0.1, -0.05) is 24.3 Å². The minimum absolute atomic E-state index is 0.265. The standard InChI is InChI=1S/C27H30FNO4/c1-27(2)26(32-17-19-5-9-20(28)10-6-19)25(31-4)23-15-21(11-14-24(23)33-27)29-16-18-7-12-22(30-3)13-8-18/h5-15,25-26,29H,16-17H2,1-4H3/t25-,26+/m1/s1. The number of halogens is 1. The number of methoxy groups -OCH3 is 2. The fourth-order valence-electron chi connectivity index (χ4n) is 4.10. The topological polar surface area (TPSA) is 49.0 Å².